The van der Waals surface area contributed by atoms with Gasteiger partial charge in [-0.15, -0.1) is 0 Å². The van der Waals surface area contributed by atoms with Crippen LogP contribution >= 0.6 is 0 Å². The van der Waals surface area contributed by atoms with Crippen LogP contribution < -0.4 is 0 Å². The molecule has 0 spiro atoms. The van der Waals surface area contributed by atoms with Gasteiger partial charge in [-0.1, -0.05) is 39.8 Å². The van der Waals surface area contributed by atoms with E-state index in [2.05, 4.69) is 45.9 Å². The Kier molecular flexibility index (Phi) is 4.55. The molecule has 0 unspecified atom stereocenters. The number of hydrogen-bond acceptors (Lipinski definition) is 1. The van der Waals surface area contributed by atoms with Crippen LogP contribution in [0.2, 0.25) is 0 Å². The smallest absolute Gasteiger partial charge is 0.0994 e. The van der Waals surface area contributed by atoms with Crippen molar-refractivity contribution in [3.05, 3.63) is 34.9 Å². The summed E-state index contributed by atoms with van der Waals surface area (Å²) >= 11 is 0. The number of rotatable bonds is 4. The zero-order chi connectivity index (χ0) is 12.1. The molecule has 0 heterocycles. The predicted molar refractivity (Wildman–Crippen MR) is 68.2 cm³/mol. The number of benzene rings is 1. The molecule has 1 aromatic rings. The molecule has 0 aliphatic heterocycles. The Morgan fingerprint density at radius 3 is 2.19 bits per heavy atom. The summed E-state index contributed by atoms with van der Waals surface area (Å²) < 4.78 is 0. The van der Waals surface area contributed by atoms with Crippen molar-refractivity contribution >= 4 is 0 Å². The first-order chi connectivity index (χ1) is 7.52. The SMILES string of the molecule is CC(C)Cc1ccc(C#N)c(CC(C)C)c1. The molecule has 1 heteroatoms. The highest BCUT2D eigenvalue weighted by Crippen LogP contribution is 2.17. The average molecular weight is 215 g/mol. The highest BCUT2D eigenvalue weighted by molar-refractivity contribution is 5.40. The van der Waals surface area contributed by atoms with E-state index in [9.17, 15) is 0 Å². The van der Waals surface area contributed by atoms with Crippen LogP contribution in [0.5, 0.6) is 0 Å². The molecule has 0 fully saturated rings. The Balaban J connectivity index is 2.97. The molecule has 0 atom stereocenters. The summed E-state index contributed by atoms with van der Waals surface area (Å²) in [5.74, 6) is 1.27. The van der Waals surface area contributed by atoms with E-state index in [0.29, 0.717) is 11.8 Å². The van der Waals surface area contributed by atoms with E-state index in [0.717, 1.165) is 18.4 Å². The van der Waals surface area contributed by atoms with Gasteiger partial charge in [0.25, 0.3) is 0 Å². The highest BCUT2D eigenvalue weighted by Gasteiger charge is 2.06. The van der Waals surface area contributed by atoms with Crippen molar-refractivity contribution < 1.29 is 0 Å². The van der Waals surface area contributed by atoms with Crippen LogP contribution in [0.15, 0.2) is 18.2 Å². The van der Waals surface area contributed by atoms with Crippen LogP contribution in [0.4, 0.5) is 0 Å². The third kappa shape index (κ3) is 3.70. The van der Waals surface area contributed by atoms with E-state index in [1.165, 1.54) is 11.1 Å². The normalized spacial score (nSPS) is 10.8. The first-order valence-corrected chi connectivity index (χ1v) is 6.04. The summed E-state index contributed by atoms with van der Waals surface area (Å²) in [5.41, 5.74) is 3.39. The summed E-state index contributed by atoms with van der Waals surface area (Å²) in [6, 6.07) is 8.54. The van der Waals surface area contributed by atoms with Crippen molar-refractivity contribution in [1.29, 1.82) is 5.26 Å². The minimum absolute atomic E-state index is 0.599. The van der Waals surface area contributed by atoms with E-state index in [4.69, 9.17) is 5.26 Å². The quantitative estimate of drug-likeness (QED) is 0.746. The van der Waals surface area contributed by atoms with Crippen LogP contribution in [0, 0.1) is 23.2 Å². The summed E-state index contributed by atoms with van der Waals surface area (Å²) in [7, 11) is 0. The third-order valence-electron chi connectivity index (χ3n) is 2.56. The zero-order valence-electron chi connectivity index (χ0n) is 10.7. The van der Waals surface area contributed by atoms with Gasteiger partial charge in [0.15, 0.2) is 0 Å². The van der Waals surface area contributed by atoms with Gasteiger partial charge in [0.1, 0.15) is 0 Å². The van der Waals surface area contributed by atoms with Crippen LogP contribution in [0.25, 0.3) is 0 Å². The van der Waals surface area contributed by atoms with Crippen molar-refractivity contribution in [1.82, 2.24) is 0 Å². The van der Waals surface area contributed by atoms with Gasteiger partial charge in [0.2, 0.25) is 0 Å². The number of hydrogen-bond donors (Lipinski definition) is 0. The maximum atomic E-state index is 9.05. The molecule has 1 rings (SSSR count). The lowest BCUT2D eigenvalue weighted by Crippen LogP contribution is -2.01. The molecular weight excluding hydrogens is 194 g/mol. The standard InChI is InChI=1S/C15H21N/c1-11(2)7-13-5-6-14(10-16)15(9-13)8-12(3)4/h5-6,9,11-12H,7-8H2,1-4H3. The Bertz CT molecular complexity index is 383. The van der Waals surface area contributed by atoms with Gasteiger partial charge in [0, 0.05) is 0 Å². The minimum atomic E-state index is 0.599. The summed E-state index contributed by atoms with van der Waals surface area (Å²) in [6.45, 7) is 8.83. The van der Waals surface area contributed by atoms with E-state index in [-0.39, 0.29) is 0 Å². The molecule has 0 saturated carbocycles. The van der Waals surface area contributed by atoms with Crippen molar-refractivity contribution in [3.8, 4) is 6.07 Å². The van der Waals surface area contributed by atoms with Crippen molar-refractivity contribution in [2.45, 2.75) is 40.5 Å². The fraction of sp³-hybridized carbons (Fsp3) is 0.533. The Morgan fingerprint density at radius 2 is 1.69 bits per heavy atom. The molecule has 0 aromatic heterocycles. The first kappa shape index (κ1) is 12.8. The zero-order valence-corrected chi connectivity index (χ0v) is 10.7. The first-order valence-electron chi connectivity index (χ1n) is 6.04. The van der Waals surface area contributed by atoms with Crippen LogP contribution in [-0.4, -0.2) is 0 Å². The van der Waals surface area contributed by atoms with Crippen molar-refractivity contribution in [2.75, 3.05) is 0 Å². The predicted octanol–water partition coefficient (Wildman–Crippen LogP) is 3.96. The van der Waals surface area contributed by atoms with Gasteiger partial charge in [0.05, 0.1) is 11.6 Å². The van der Waals surface area contributed by atoms with Crippen LogP contribution in [-0.2, 0) is 12.8 Å². The lowest BCUT2D eigenvalue weighted by Gasteiger charge is -2.11. The molecule has 0 aliphatic rings. The molecule has 0 amide bonds. The molecule has 1 aromatic carbocycles. The second kappa shape index (κ2) is 5.70. The Labute approximate surface area is 99.1 Å². The van der Waals surface area contributed by atoms with Crippen molar-refractivity contribution in [2.24, 2.45) is 11.8 Å². The molecule has 16 heavy (non-hydrogen) atoms. The van der Waals surface area contributed by atoms with Gasteiger partial charge >= 0.3 is 0 Å². The summed E-state index contributed by atoms with van der Waals surface area (Å²) in [6.07, 6.45) is 2.09. The van der Waals surface area contributed by atoms with Gasteiger partial charge in [-0.3, -0.25) is 0 Å². The molecular formula is C15H21N. The second-order valence-corrected chi connectivity index (χ2v) is 5.30. The molecule has 86 valence electrons. The topological polar surface area (TPSA) is 23.8 Å². The maximum Gasteiger partial charge on any atom is 0.0994 e. The van der Waals surface area contributed by atoms with E-state index in [1.54, 1.807) is 0 Å². The van der Waals surface area contributed by atoms with Gasteiger partial charge in [-0.25, -0.2) is 0 Å². The monoisotopic (exact) mass is 215 g/mol. The fourth-order valence-electron chi connectivity index (χ4n) is 1.96. The summed E-state index contributed by atoms with van der Waals surface area (Å²) in [5, 5.41) is 9.05. The maximum absolute atomic E-state index is 9.05. The second-order valence-electron chi connectivity index (χ2n) is 5.30. The lowest BCUT2D eigenvalue weighted by molar-refractivity contribution is 0.635. The highest BCUT2D eigenvalue weighted by atomic mass is 14.2. The minimum Gasteiger partial charge on any atom is -0.192 e. The van der Waals surface area contributed by atoms with Crippen LogP contribution in [0.3, 0.4) is 0 Å². The molecule has 0 radical (unpaired) electrons. The average Bonchev–Trinajstić information content (AvgIpc) is 2.16. The van der Waals surface area contributed by atoms with E-state index < -0.39 is 0 Å². The Hall–Kier alpha value is -1.29. The van der Waals surface area contributed by atoms with Crippen LogP contribution in [0.1, 0.15) is 44.4 Å². The lowest BCUT2D eigenvalue weighted by atomic mass is 9.94. The van der Waals surface area contributed by atoms with Gasteiger partial charge in [-0.2, -0.15) is 5.26 Å². The van der Waals surface area contributed by atoms with Gasteiger partial charge in [-0.05, 0) is 41.9 Å². The van der Waals surface area contributed by atoms with Gasteiger partial charge < -0.3 is 0 Å². The molecule has 0 bridgehead atoms. The Morgan fingerprint density at radius 1 is 1.06 bits per heavy atom. The summed E-state index contributed by atoms with van der Waals surface area (Å²) in [4.78, 5) is 0. The van der Waals surface area contributed by atoms with E-state index in [1.807, 2.05) is 6.07 Å². The molecule has 0 saturated heterocycles. The largest absolute Gasteiger partial charge is 0.192 e. The number of nitrogens with zero attached hydrogens (tertiary/aromatic N) is 1. The molecule has 0 aliphatic carbocycles. The van der Waals surface area contributed by atoms with E-state index >= 15 is 0 Å². The van der Waals surface area contributed by atoms with Crippen molar-refractivity contribution in [3.63, 3.8) is 0 Å². The number of nitriles is 1. The molecule has 0 N–H and O–H groups in total. The third-order valence-corrected chi connectivity index (χ3v) is 2.56. The molecule has 1 nitrogen and oxygen atoms in total. The fourth-order valence-corrected chi connectivity index (χ4v) is 1.96.